The molecule has 4 N–H and O–H groups in total. The lowest BCUT2D eigenvalue weighted by atomic mass is 10.00. The molecule has 300 valence electrons. The SMILES string of the molecule is CC(C)(C)OC(=O)c1ccc(NC(=O)[C@H](Cc2ccc(NC(=O)N3CCC(N4CCCCC4)CC3)cc2)NC(=O)C(=O)Nc2cc(Cl)ccc2-n2cnnn2)cc1. The van der Waals surface area contributed by atoms with Crippen LogP contribution in [0.15, 0.2) is 73.1 Å². The number of esters is 1. The average molecular weight is 799 g/mol. The molecule has 0 unspecified atom stereocenters. The molecule has 1 atom stereocenters. The maximum absolute atomic E-state index is 13.7. The predicted octanol–water partition coefficient (Wildman–Crippen LogP) is 5.06. The third-order valence-electron chi connectivity index (χ3n) is 9.72. The van der Waals surface area contributed by atoms with Gasteiger partial charge in [0.25, 0.3) is 0 Å². The van der Waals surface area contributed by atoms with E-state index < -0.39 is 35.3 Å². The molecular weight excluding hydrogens is 752 g/mol. The molecule has 4 aromatic rings. The number of hydrogen-bond acceptors (Lipinski definition) is 10. The van der Waals surface area contributed by atoms with Crippen molar-refractivity contribution >= 4 is 58.4 Å². The molecule has 0 spiro atoms. The number of anilines is 3. The van der Waals surface area contributed by atoms with E-state index in [1.807, 2.05) is 4.90 Å². The Bertz CT molecular complexity index is 2040. The Morgan fingerprint density at radius 3 is 2.14 bits per heavy atom. The van der Waals surface area contributed by atoms with E-state index in [-0.39, 0.29) is 23.2 Å². The lowest BCUT2D eigenvalue weighted by Crippen LogP contribution is -2.49. The van der Waals surface area contributed by atoms with Crippen LogP contribution in [0.2, 0.25) is 5.02 Å². The van der Waals surface area contributed by atoms with Crippen molar-refractivity contribution in [2.24, 2.45) is 0 Å². The molecule has 0 bridgehead atoms. The first-order valence-corrected chi connectivity index (χ1v) is 19.4. The van der Waals surface area contributed by atoms with Crippen LogP contribution in [0.25, 0.3) is 5.69 Å². The van der Waals surface area contributed by atoms with Gasteiger partial charge in [-0.25, -0.2) is 9.59 Å². The number of halogens is 1. The van der Waals surface area contributed by atoms with E-state index in [1.165, 1.54) is 60.6 Å². The molecule has 17 heteroatoms. The minimum absolute atomic E-state index is 0.00781. The van der Waals surface area contributed by atoms with Crippen molar-refractivity contribution in [2.75, 3.05) is 42.1 Å². The van der Waals surface area contributed by atoms with E-state index in [1.54, 1.807) is 57.2 Å². The Labute approximate surface area is 335 Å². The van der Waals surface area contributed by atoms with Gasteiger partial charge in [0, 0.05) is 41.9 Å². The van der Waals surface area contributed by atoms with Gasteiger partial charge in [0.1, 0.15) is 18.0 Å². The van der Waals surface area contributed by atoms with Crippen molar-refractivity contribution in [1.29, 1.82) is 0 Å². The molecule has 57 heavy (non-hydrogen) atoms. The van der Waals surface area contributed by atoms with Crippen LogP contribution in [-0.2, 0) is 25.5 Å². The van der Waals surface area contributed by atoms with Crippen LogP contribution in [0, 0.1) is 0 Å². The van der Waals surface area contributed by atoms with Crippen molar-refractivity contribution in [1.82, 2.24) is 35.3 Å². The second kappa shape index (κ2) is 18.4. The minimum atomic E-state index is -1.23. The Hall–Kier alpha value is -5.87. The number of urea groups is 1. The fraction of sp³-hybridized carbons (Fsp3) is 0.400. The number of aromatic nitrogens is 4. The van der Waals surface area contributed by atoms with Gasteiger partial charge in [0.05, 0.1) is 16.9 Å². The van der Waals surface area contributed by atoms with Gasteiger partial charge in [-0.2, -0.15) is 4.68 Å². The number of piperidine rings is 2. The third kappa shape index (κ3) is 11.4. The summed E-state index contributed by atoms with van der Waals surface area (Å²) < 4.78 is 6.71. The number of carbonyl (C=O) groups excluding carboxylic acids is 5. The Morgan fingerprint density at radius 2 is 1.49 bits per heavy atom. The van der Waals surface area contributed by atoms with Crippen LogP contribution in [0.5, 0.6) is 0 Å². The number of hydrogen-bond donors (Lipinski definition) is 4. The van der Waals surface area contributed by atoms with Gasteiger partial charge in [-0.3, -0.25) is 14.4 Å². The highest BCUT2D eigenvalue weighted by Gasteiger charge is 2.29. The summed E-state index contributed by atoms with van der Waals surface area (Å²) in [4.78, 5) is 70.4. The number of nitrogens with one attached hydrogen (secondary N) is 4. The first-order valence-electron chi connectivity index (χ1n) is 19.0. The normalized spacial score (nSPS) is 15.6. The van der Waals surface area contributed by atoms with E-state index in [0.717, 1.165) is 25.9 Å². The predicted molar refractivity (Wildman–Crippen MR) is 214 cm³/mol. The van der Waals surface area contributed by atoms with Crippen molar-refractivity contribution in [3.63, 3.8) is 0 Å². The van der Waals surface area contributed by atoms with Gasteiger partial charge in [-0.1, -0.05) is 30.2 Å². The van der Waals surface area contributed by atoms with Crippen molar-refractivity contribution in [2.45, 2.75) is 77.0 Å². The summed E-state index contributed by atoms with van der Waals surface area (Å²) in [6, 6.07) is 16.8. The highest BCUT2D eigenvalue weighted by molar-refractivity contribution is 6.40. The average Bonchev–Trinajstić information content (AvgIpc) is 3.73. The number of amides is 5. The highest BCUT2D eigenvalue weighted by atomic mass is 35.5. The first-order chi connectivity index (χ1) is 27.3. The van der Waals surface area contributed by atoms with Gasteiger partial charge in [0.15, 0.2) is 0 Å². The fourth-order valence-electron chi connectivity index (χ4n) is 6.83. The summed E-state index contributed by atoms with van der Waals surface area (Å²) >= 11 is 6.18. The zero-order valence-corrected chi connectivity index (χ0v) is 32.9. The maximum Gasteiger partial charge on any atom is 0.338 e. The van der Waals surface area contributed by atoms with Crippen LogP contribution in [-0.4, -0.2) is 104 Å². The van der Waals surface area contributed by atoms with E-state index >= 15 is 0 Å². The van der Waals surface area contributed by atoms with Gasteiger partial charge in [0.2, 0.25) is 5.91 Å². The Kier molecular flexibility index (Phi) is 13.2. The van der Waals surface area contributed by atoms with Gasteiger partial charge in [-0.05, 0) is 130 Å². The number of benzene rings is 3. The molecule has 2 aliphatic heterocycles. The summed E-state index contributed by atoms with van der Waals surface area (Å²) in [5, 5.41) is 22.2. The van der Waals surface area contributed by atoms with Crippen LogP contribution in [0.3, 0.4) is 0 Å². The quantitative estimate of drug-likeness (QED) is 0.125. The monoisotopic (exact) mass is 798 g/mol. The third-order valence-corrected chi connectivity index (χ3v) is 9.96. The van der Waals surface area contributed by atoms with Gasteiger partial charge in [-0.15, -0.1) is 5.10 Å². The number of likely N-dealkylation sites (tertiary alicyclic amines) is 2. The lowest BCUT2D eigenvalue weighted by Gasteiger charge is -2.40. The molecule has 2 aliphatic rings. The molecule has 1 aromatic heterocycles. The first kappa shape index (κ1) is 40.8. The minimum Gasteiger partial charge on any atom is -0.456 e. The Balaban J connectivity index is 1.12. The lowest BCUT2D eigenvalue weighted by molar-refractivity contribution is -0.137. The largest absolute Gasteiger partial charge is 0.456 e. The standard InChI is InChI=1S/C40H47ClN10O6/c1-40(2,3)57-38(55)27-9-14-29(15-10-27)43-35(52)33(46-37(54)36(53)45-32-24-28(41)11-16-34(32)51-25-42-47-48-51)23-26-7-12-30(13-8-26)44-39(56)50-21-17-31(18-22-50)49-19-5-4-6-20-49/h7-16,24-25,31,33H,4-6,17-23H2,1-3H3,(H,43,52)(H,44,56)(H,45,53)(H,46,54)/t33-/m0/s1. The summed E-state index contributed by atoms with van der Waals surface area (Å²) in [7, 11) is 0. The topological polar surface area (TPSA) is 193 Å². The van der Waals surface area contributed by atoms with Crippen LogP contribution in [0.4, 0.5) is 21.9 Å². The molecule has 5 amide bonds. The molecule has 0 aliphatic carbocycles. The summed E-state index contributed by atoms with van der Waals surface area (Å²) in [5.41, 5.74) is 1.69. The number of carbonyl (C=O) groups is 5. The molecule has 0 saturated carbocycles. The zero-order chi connectivity index (χ0) is 40.5. The summed E-state index contributed by atoms with van der Waals surface area (Å²) in [6.07, 6.45) is 6.98. The number of ether oxygens (including phenoxy) is 1. The van der Waals surface area contributed by atoms with E-state index in [9.17, 15) is 24.0 Å². The molecule has 0 radical (unpaired) electrons. The number of tetrazole rings is 1. The molecule has 3 heterocycles. The van der Waals surface area contributed by atoms with E-state index in [2.05, 4.69) is 41.7 Å². The fourth-order valence-corrected chi connectivity index (χ4v) is 7.00. The number of nitrogens with zero attached hydrogens (tertiary/aromatic N) is 6. The van der Waals surface area contributed by atoms with E-state index in [4.69, 9.17) is 16.3 Å². The van der Waals surface area contributed by atoms with Crippen molar-refractivity contribution < 1.29 is 28.7 Å². The smallest absolute Gasteiger partial charge is 0.338 e. The highest BCUT2D eigenvalue weighted by Crippen LogP contribution is 2.25. The van der Waals surface area contributed by atoms with Crippen LogP contribution < -0.4 is 21.3 Å². The maximum atomic E-state index is 13.7. The van der Waals surface area contributed by atoms with Crippen molar-refractivity contribution in [3.8, 4) is 5.69 Å². The van der Waals surface area contributed by atoms with Crippen LogP contribution >= 0.6 is 11.6 Å². The molecular formula is C40H47ClN10O6. The number of rotatable bonds is 10. The Morgan fingerprint density at radius 1 is 0.825 bits per heavy atom. The molecule has 2 saturated heterocycles. The molecule has 16 nitrogen and oxygen atoms in total. The molecule has 6 rings (SSSR count). The summed E-state index contributed by atoms with van der Waals surface area (Å²) in [5.74, 6) is -3.30. The zero-order valence-electron chi connectivity index (χ0n) is 32.2. The van der Waals surface area contributed by atoms with Gasteiger partial charge < -0.3 is 35.8 Å². The van der Waals surface area contributed by atoms with Gasteiger partial charge >= 0.3 is 23.8 Å². The molecule has 2 fully saturated rings. The molecule has 3 aromatic carbocycles. The van der Waals surface area contributed by atoms with Crippen molar-refractivity contribution in [3.05, 3.63) is 89.2 Å². The van der Waals surface area contributed by atoms with Crippen LogP contribution in [0.1, 0.15) is 68.8 Å². The van der Waals surface area contributed by atoms with E-state index in [0.29, 0.717) is 47.3 Å². The second-order valence-electron chi connectivity index (χ2n) is 15.1. The second-order valence-corrected chi connectivity index (χ2v) is 15.5. The summed E-state index contributed by atoms with van der Waals surface area (Å²) in [6.45, 7) is 8.95.